The van der Waals surface area contributed by atoms with Crippen molar-refractivity contribution in [1.29, 1.82) is 0 Å². The van der Waals surface area contributed by atoms with Crippen LogP contribution in [-0.2, 0) is 11.3 Å². The van der Waals surface area contributed by atoms with Gasteiger partial charge in [0, 0.05) is 6.54 Å². The molecule has 0 unspecified atom stereocenters. The minimum Gasteiger partial charge on any atom is -0.350 e. The number of carbonyl (C=O) groups excluding carboxylic acids is 1. The van der Waals surface area contributed by atoms with Gasteiger partial charge in [-0.25, -0.2) is 9.67 Å². The van der Waals surface area contributed by atoms with Gasteiger partial charge in [0.25, 0.3) is 0 Å². The van der Waals surface area contributed by atoms with Crippen LogP contribution < -0.4 is 11.1 Å². The van der Waals surface area contributed by atoms with Crippen molar-refractivity contribution in [2.24, 2.45) is 5.73 Å². The topological polar surface area (TPSA) is 85.8 Å². The van der Waals surface area contributed by atoms with E-state index >= 15 is 0 Å². The molecule has 1 aliphatic carbocycles. The van der Waals surface area contributed by atoms with E-state index < -0.39 is 5.54 Å². The Balaban J connectivity index is 1.62. The molecule has 0 bridgehead atoms. The van der Waals surface area contributed by atoms with Gasteiger partial charge in [0.05, 0.1) is 11.2 Å². The molecule has 2 aromatic rings. The maximum atomic E-state index is 11.7. The van der Waals surface area contributed by atoms with Gasteiger partial charge in [0.2, 0.25) is 5.91 Å². The molecular formula is C13H15N5O. The summed E-state index contributed by atoms with van der Waals surface area (Å²) in [4.78, 5) is 15.6. The molecule has 1 heterocycles. The molecule has 1 fully saturated rings. The van der Waals surface area contributed by atoms with Crippen LogP contribution in [0.25, 0.3) is 5.69 Å². The van der Waals surface area contributed by atoms with Crippen LogP contribution in [0, 0.1) is 0 Å². The first-order valence-corrected chi connectivity index (χ1v) is 6.18. The van der Waals surface area contributed by atoms with Gasteiger partial charge in [-0.2, -0.15) is 5.10 Å². The quantitative estimate of drug-likeness (QED) is 0.829. The standard InChI is InChI=1S/C13H15N5O/c14-13(5-6-13)12(19)16-7-10-1-3-11(4-2-10)18-9-15-8-17-18/h1-4,8-9H,5-7,14H2,(H,16,19). The SMILES string of the molecule is NC1(C(=O)NCc2ccc(-n3cncn3)cc2)CC1. The third-order valence-electron chi connectivity index (χ3n) is 3.31. The van der Waals surface area contributed by atoms with E-state index in [0.717, 1.165) is 24.1 Å². The lowest BCUT2D eigenvalue weighted by Gasteiger charge is -2.10. The van der Waals surface area contributed by atoms with Crippen molar-refractivity contribution in [3.63, 3.8) is 0 Å². The zero-order valence-electron chi connectivity index (χ0n) is 10.4. The van der Waals surface area contributed by atoms with Crippen LogP contribution in [-0.4, -0.2) is 26.2 Å². The van der Waals surface area contributed by atoms with E-state index in [4.69, 9.17) is 5.73 Å². The van der Waals surface area contributed by atoms with Crippen LogP contribution in [0.15, 0.2) is 36.9 Å². The van der Waals surface area contributed by atoms with Gasteiger partial charge in [-0.15, -0.1) is 0 Å². The Morgan fingerprint density at radius 1 is 1.37 bits per heavy atom. The third-order valence-corrected chi connectivity index (χ3v) is 3.31. The molecule has 19 heavy (non-hydrogen) atoms. The van der Waals surface area contributed by atoms with E-state index in [1.165, 1.54) is 6.33 Å². The highest BCUT2D eigenvalue weighted by Crippen LogP contribution is 2.32. The molecule has 1 aromatic heterocycles. The molecule has 1 aliphatic rings. The lowest BCUT2D eigenvalue weighted by atomic mass is 10.2. The fourth-order valence-electron chi connectivity index (χ4n) is 1.83. The molecular weight excluding hydrogens is 242 g/mol. The number of hydrogen-bond acceptors (Lipinski definition) is 4. The molecule has 1 aromatic carbocycles. The number of nitrogens with one attached hydrogen (secondary N) is 1. The van der Waals surface area contributed by atoms with E-state index in [9.17, 15) is 4.79 Å². The normalized spacial score (nSPS) is 16.1. The first-order valence-electron chi connectivity index (χ1n) is 6.18. The van der Waals surface area contributed by atoms with E-state index in [1.807, 2.05) is 24.3 Å². The molecule has 0 saturated heterocycles. The Morgan fingerprint density at radius 2 is 2.11 bits per heavy atom. The summed E-state index contributed by atoms with van der Waals surface area (Å²) in [5, 5.41) is 6.91. The molecule has 1 amide bonds. The molecule has 1 saturated carbocycles. The average molecular weight is 257 g/mol. The third kappa shape index (κ3) is 2.48. The van der Waals surface area contributed by atoms with Crippen molar-refractivity contribution in [3.05, 3.63) is 42.5 Å². The van der Waals surface area contributed by atoms with Gasteiger partial charge in [-0.1, -0.05) is 12.1 Å². The molecule has 0 radical (unpaired) electrons. The second-order valence-corrected chi connectivity index (χ2v) is 4.85. The van der Waals surface area contributed by atoms with Gasteiger partial charge in [-0.05, 0) is 30.5 Å². The number of rotatable bonds is 4. The number of amides is 1. The van der Waals surface area contributed by atoms with Crippen molar-refractivity contribution in [1.82, 2.24) is 20.1 Å². The zero-order chi connectivity index (χ0) is 13.3. The summed E-state index contributed by atoms with van der Waals surface area (Å²) in [7, 11) is 0. The minimum absolute atomic E-state index is 0.0622. The lowest BCUT2D eigenvalue weighted by molar-refractivity contribution is -0.123. The predicted molar refractivity (Wildman–Crippen MR) is 69.4 cm³/mol. The Labute approximate surface area is 110 Å². The van der Waals surface area contributed by atoms with Crippen molar-refractivity contribution in [3.8, 4) is 5.69 Å². The molecule has 3 rings (SSSR count). The number of carbonyl (C=O) groups is 1. The Kier molecular flexibility index (Phi) is 2.79. The summed E-state index contributed by atoms with van der Waals surface area (Å²) in [5.41, 5.74) is 7.17. The molecule has 0 aliphatic heterocycles. The van der Waals surface area contributed by atoms with Crippen LogP contribution in [0.3, 0.4) is 0 Å². The van der Waals surface area contributed by atoms with E-state index in [-0.39, 0.29) is 5.91 Å². The summed E-state index contributed by atoms with van der Waals surface area (Å²) >= 11 is 0. The maximum absolute atomic E-state index is 11.7. The van der Waals surface area contributed by atoms with Crippen LogP contribution in [0.5, 0.6) is 0 Å². The minimum atomic E-state index is -0.610. The van der Waals surface area contributed by atoms with Crippen molar-refractivity contribution in [2.45, 2.75) is 24.9 Å². The highest BCUT2D eigenvalue weighted by Gasteiger charge is 2.45. The first kappa shape index (κ1) is 11.9. The predicted octanol–water partition coefficient (Wildman–Crippen LogP) is 0.375. The Morgan fingerprint density at radius 3 is 2.68 bits per heavy atom. The van der Waals surface area contributed by atoms with Gasteiger partial charge in [0.15, 0.2) is 0 Å². The second kappa shape index (κ2) is 4.47. The number of hydrogen-bond donors (Lipinski definition) is 2. The fourth-order valence-corrected chi connectivity index (χ4v) is 1.83. The van der Waals surface area contributed by atoms with Gasteiger partial charge in [-0.3, -0.25) is 4.79 Å². The zero-order valence-corrected chi connectivity index (χ0v) is 10.4. The summed E-state index contributed by atoms with van der Waals surface area (Å²) in [6, 6.07) is 7.78. The van der Waals surface area contributed by atoms with E-state index in [1.54, 1.807) is 11.0 Å². The van der Waals surface area contributed by atoms with Crippen molar-refractivity contribution >= 4 is 5.91 Å². The van der Waals surface area contributed by atoms with Crippen molar-refractivity contribution in [2.75, 3.05) is 0 Å². The summed E-state index contributed by atoms with van der Waals surface area (Å²) < 4.78 is 1.68. The number of nitrogens with two attached hydrogens (primary N) is 1. The highest BCUT2D eigenvalue weighted by atomic mass is 16.2. The average Bonchev–Trinajstić information content (AvgIpc) is 2.97. The molecule has 0 spiro atoms. The largest absolute Gasteiger partial charge is 0.350 e. The van der Waals surface area contributed by atoms with Crippen LogP contribution in [0.1, 0.15) is 18.4 Å². The molecule has 0 atom stereocenters. The second-order valence-electron chi connectivity index (χ2n) is 4.85. The number of aromatic nitrogens is 3. The van der Waals surface area contributed by atoms with Gasteiger partial charge < -0.3 is 11.1 Å². The Bertz CT molecular complexity index is 572. The van der Waals surface area contributed by atoms with Crippen LogP contribution >= 0.6 is 0 Å². The number of benzene rings is 1. The molecule has 6 heteroatoms. The smallest absolute Gasteiger partial charge is 0.240 e. The Hall–Kier alpha value is -2.21. The summed E-state index contributed by atoms with van der Waals surface area (Å²) in [5.74, 6) is -0.0622. The molecule has 6 nitrogen and oxygen atoms in total. The highest BCUT2D eigenvalue weighted by molar-refractivity contribution is 5.88. The van der Waals surface area contributed by atoms with Crippen LogP contribution in [0.4, 0.5) is 0 Å². The first-order chi connectivity index (χ1) is 9.17. The number of nitrogens with zero attached hydrogens (tertiary/aromatic N) is 3. The lowest BCUT2D eigenvalue weighted by Crippen LogP contribution is -2.42. The van der Waals surface area contributed by atoms with Crippen LogP contribution in [0.2, 0.25) is 0 Å². The van der Waals surface area contributed by atoms with Gasteiger partial charge >= 0.3 is 0 Å². The molecule has 98 valence electrons. The van der Waals surface area contributed by atoms with Gasteiger partial charge in [0.1, 0.15) is 12.7 Å². The van der Waals surface area contributed by atoms with Crippen molar-refractivity contribution < 1.29 is 4.79 Å². The van der Waals surface area contributed by atoms with E-state index in [2.05, 4.69) is 15.4 Å². The summed E-state index contributed by atoms with van der Waals surface area (Å²) in [6.45, 7) is 0.495. The molecule has 3 N–H and O–H groups in total. The van der Waals surface area contributed by atoms with E-state index in [0.29, 0.717) is 6.54 Å². The summed E-state index contributed by atoms with van der Waals surface area (Å²) in [6.07, 6.45) is 4.70. The maximum Gasteiger partial charge on any atom is 0.240 e. The fraction of sp³-hybridized carbons (Fsp3) is 0.308. The monoisotopic (exact) mass is 257 g/mol.